The van der Waals surface area contributed by atoms with E-state index in [1.807, 2.05) is 6.08 Å². The van der Waals surface area contributed by atoms with Crippen LogP contribution in [0.15, 0.2) is 47.3 Å². The Morgan fingerprint density at radius 2 is 1.94 bits per heavy atom. The first kappa shape index (κ1) is 20.7. The van der Waals surface area contributed by atoms with Gasteiger partial charge in [0.2, 0.25) is 0 Å². The Balaban J connectivity index is 1.55. The minimum absolute atomic E-state index is 0.00994. The largest absolute Gasteiger partial charge is 0.299 e. The summed E-state index contributed by atoms with van der Waals surface area (Å²) in [5.74, 6) is -0.423. The summed E-state index contributed by atoms with van der Waals surface area (Å²) in [6.45, 7) is 1.79. The van der Waals surface area contributed by atoms with Gasteiger partial charge in [0.05, 0.1) is 29.2 Å². The summed E-state index contributed by atoms with van der Waals surface area (Å²) in [5, 5.41) is 11.8. The van der Waals surface area contributed by atoms with Gasteiger partial charge >= 0.3 is 0 Å². The number of benzene rings is 1. The second kappa shape index (κ2) is 7.17. The van der Waals surface area contributed by atoms with E-state index in [0.717, 1.165) is 16.8 Å². The van der Waals surface area contributed by atoms with Gasteiger partial charge < -0.3 is 0 Å². The number of aryl methyl sites for hydroxylation is 1. The fraction of sp³-hybridized carbons (Fsp3) is 0.333. The van der Waals surface area contributed by atoms with E-state index in [-0.39, 0.29) is 29.7 Å². The lowest BCUT2D eigenvalue weighted by atomic mass is 9.66. The van der Waals surface area contributed by atoms with Crippen molar-refractivity contribution in [2.45, 2.75) is 24.8 Å². The SMILES string of the molecule is CC(=O)[C@]12Cc3cnn(-c4ccc(F)cc4)c3C=C1CCN(S(=O)(=O)c1cnnn1C)C2. The van der Waals surface area contributed by atoms with Crippen LogP contribution in [0.1, 0.15) is 24.6 Å². The summed E-state index contributed by atoms with van der Waals surface area (Å²) >= 11 is 0. The second-order valence-corrected chi connectivity index (χ2v) is 10.1. The summed E-state index contributed by atoms with van der Waals surface area (Å²) in [6.07, 6.45) is 5.60. The maximum Gasteiger partial charge on any atom is 0.261 e. The zero-order valence-electron chi connectivity index (χ0n) is 17.6. The number of nitrogens with zero attached hydrogens (tertiary/aromatic N) is 6. The Bertz CT molecular complexity index is 1360. The van der Waals surface area contributed by atoms with Crippen molar-refractivity contribution in [3.8, 4) is 5.69 Å². The standard InChI is InChI=1S/C21H21FN6O3S/c1-14(29)21-10-15-11-24-28(18-5-3-17(22)4-6-18)19(15)9-16(21)7-8-27(13-21)32(30,31)20-12-23-25-26(20)2/h3-6,9,11-12H,7-8,10,13H2,1-2H3/t21-/m1/s1. The molecule has 2 aliphatic rings. The number of sulfonamides is 1. The molecule has 1 aliphatic heterocycles. The first-order chi connectivity index (χ1) is 15.2. The van der Waals surface area contributed by atoms with Crippen LogP contribution in [0.25, 0.3) is 11.8 Å². The Kier molecular flexibility index (Phi) is 4.64. The molecular weight excluding hydrogens is 435 g/mol. The van der Waals surface area contributed by atoms with Gasteiger partial charge in [-0.25, -0.2) is 22.2 Å². The summed E-state index contributed by atoms with van der Waals surface area (Å²) in [5.41, 5.74) is 2.31. The molecule has 1 fully saturated rings. The Morgan fingerprint density at radius 3 is 2.59 bits per heavy atom. The van der Waals surface area contributed by atoms with Crippen LogP contribution < -0.4 is 0 Å². The van der Waals surface area contributed by atoms with E-state index in [2.05, 4.69) is 15.4 Å². The lowest BCUT2D eigenvalue weighted by Crippen LogP contribution is -2.52. The molecule has 0 radical (unpaired) electrons. The number of ketones is 1. The van der Waals surface area contributed by atoms with Crippen molar-refractivity contribution >= 4 is 21.9 Å². The van der Waals surface area contributed by atoms with E-state index in [1.165, 1.54) is 41.3 Å². The van der Waals surface area contributed by atoms with Crippen molar-refractivity contribution in [3.63, 3.8) is 0 Å². The van der Waals surface area contributed by atoms with Crippen LogP contribution in [0.5, 0.6) is 0 Å². The molecule has 166 valence electrons. The fourth-order valence-electron chi connectivity index (χ4n) is 4.62. The van der Waals surface area contributed by atoms with E-state index in [4.69, 9.17) is 0 Å². The third-order valence-electron chi connectivity index (χ3n) is 6.40. The monoisotopic (exact) mass is 456 g/mol. The Labute approximate surface area is 184 Å². The number of hydrogen-bond donors (Lipinski definition) is 0. The molecule has 32 heavy (non-hydrogen) atoms. The van der Waals surface area contributed by atoms with Gasteiger partial charge in [-0.2, -0.15) is 9.40 Å². The number of aromatic nitrogens is 5. The predicted molar refractivity (Wildman–Crippen MR) is 113 cm³/mol. The molecule has 0 amide bonds. The van der Waals surface area contributed by atoms with Crippen LogP contribution >= 0.6 is 0 Å². The number of piperidine rings is 1. The number of Topliss-reactive ketones (excluding diaryl/α,β-unsaturated/α-hetero) is 1. The highest BCUT2D eigenvalue weighted by Gasteiger charge is 2.49. The number of fused-ring (bicyclic) bond motifs is 2. The van der Waals surface area contributed by atoms with Crippen LogP contribution in [0.2, 0.25) is 0 Å². The molecule has 0 bridgehead atoms. The molecule has 9 nitrogen and oxygen atoms in total. The van der Waals surface area contributed by atoms with E-state index >= 15 is 0 Å². The number of carbonyl (C=O) groups is 1. The number of halogens is 1. The molecule has 1 aliphatic carbocycles. The van der Waals surface area contributed by atoms with Gasteiger partial charge in [0.1, 0.15) is 11.6 Å². The lowest BCUT2D eigenvalue weighted by Gasteiger charge is -2.44. The molecule has 1 aromatic carbocycles. The van der Waals surface area contributed by atoms with E-state index in [9.17, 15) is 17.6 Å². The van der Waals surface area contributed by atoms with Crippen LogP contribution in [-0.2, 0) is 28.3 Å². The van der Waals surface area contributed by atoms with Crippen molar-refractivity contribution in [1.29, 1.82) is 0 Å². The summed E-state index contributed by atoms with van der Waals surface area (Å²) in [7, 11) is -2.33. The summed E-state index contributed by atoms with van der Waals surface area (Å²) < 4.78 is 44.1. The maximum absolute atomic E-state index is 13.3. The minimum atomic E-state index is -3.86. The molecule has 0 saturated carbocycles. The van der Waals surface area contributed by atoms with Gasteiger partial charge in [0.15, 0.2) is 5.03 Å². The normalized spacial score (nSPS) is 21.0. The molecule has 0 spiro atoms. The molecular formula is C21H21FN6O3S. The predicted octanol–water partition coefficient (Wildman–Crippen LogP) is 1.75. The van der Waals surface area contributed by atoms with Gasteiger partial charge in [-0.05, 0) is 55.7 Å². The quantitative estimate of drug-likeness (QED) is 0.593. The van der Waals surface area contributed by atoms with Crippen LogP contribution in [0.3, 0.4) is 0 Å². The minimum Gasteiger partial charge on any atom is -0.299 e. The maximum atomic E-state index is 13.3. The molecule has 11 heteroatoms. The molecule has 2 aromatic heterocycles. The van der Waals surface area contributed by atoms with E-state index in [0.29, 0.717) is 18.5 Å². The average Bonchev–Trinajstić information content (AvgIpc) is 3.38. The lowest BCUT2D eigenvalue weighted by molar-refractivity contribution is -0.125. The van der Waals surface area contributed by atoms with E-state index < -0.39 is 15.4 Å². The molecule has 3 heterocycles. The fourth-order valence-corrected chi connectivity index (χ4v) is 6.16. The highest BCUT2D eigenvalue weighted by molar-refractivity contribution is 7.89. The highest BCUT2D eigenvalue weighted by Crippen LogP contribution is 2.45. The zero-order valence-corrected chi connectivity index (χ0v) is 18.4. The van der Waals surface area contributed by atoms with Gasteiger partial charge in [0, 0.05) is 20.1 Å². The molecule has 3 aromatic rings. The topological polar surface area (TPSA) is 103 Å². The van der Waals surface area contributed by atoms with Crippen molar-refractivity contribution in [3.05, 3.63) is 59.3 Å². The number of hydrogen-bond acceptors (Lipinski definition) is 6. The third kappa shape index (κ3) is 3.03. The summed E-state index contributed by atoms with van der Waals surface area (Å²) in [4.78, 5) is 12.9. The van der Waals surface area contributed by atoms with Crippen molar-refractivity contribution in [1.82, 2.24) is 29.1 Å². The number of rotatable bonds is 4. The van der Waals surface area contributed by atoms with Gasteiger partial charge in [-0.15, -0.1) is 5.10 Å². The van der Waals surface area contributed by atoms with Crippen LogP contribution in [-0.4, -0.2) is 56.4 Å². The summed E-state index contributed by atoms with van der Waals surface area (Å²) in [6, 6.07) is 6.03. The van der Waals surface area contributed by atoms with Crippen molar-refractivity contribution in [2.75, 3.05) is 13.1 Å². The smallest absolute Gasteiger partial charge is 0.261 e. The van der Waals surface area contributed by atoms with Crippen molar-refractivity contribution in [2.24, 2.45) is 12.5 Å². The average molecular weight is 457 g/mol. The first-order valence-electron chi connectivity index (χ1n) is 10.1. The van der Waals surface area contributed by atoms with E-state index in [1.54, 1.807) is 23.0 Å². The Morgan fingerprint density at radius 1 is 1.19 bits per heavy atom. The highest BCUT2D eigenvalue weighted by atomic mass is 32.2. The van der Waals surface area contributed by atoms with Crippen molar-refractivity contribution < 1.29 is 17.6 Å². The molecule has 0 unspecified atom stereocenters. The van der Waals surface area contributed by atoms with Crippen LogP contribution in [0, 0.1) is 11.2 Å². The first-order valence-corrected chi connectivity index (χ1v) is 11.6. The third-order valence-corrected chi connectivity index (χ3v) is 8.29. The molecule has 5 rings (SSSR count). The molecule has 0 N–H and O–H groups in total. The zero-order chi connectivity index (χ0) is 22.7. The Hall–Kier alpha value is -3.18. The molecule has 1 saturated heterocycles. The number of carbonyl (C=O) groups excluding carboxylic acids is 1. The van der Waals surface area contributed by atoms with Crippen LogP contribution in [0.4, 0.5) is 4.39 Å². The second-order valence-electron chi connectivity index (χ2n) is 8.21. The van der Waals surface area contributed by atoms with Gasteiger partial charge in [-0.1, -0.05) is 10.8 Å². The van der Waals surface area contributed by atoms with Gasteiger partial charge in [0.25, 0.3) is 10.0 Å². The van der Waals surface area contributed by atoms with Gasteiger partial charge in [-0.3, -0.25) is 4.79 Å². The molecule has 1 atom stereocenters.